The Bertz CT molecular complexity index is 1160. The lowest BCUT2D eigenvalue weighted by atomic mass is 10.1. The summed E-state index contributed by atoms with van der Waals surface area (Å²) >= 11 is 6.24. The summed E-state index contributed by atoms with van der Waals surface area (Å²) in [6.07, 6.45) is 0.888. The number of carbonyl (C=O) groups excluding carboxylic acids is 2. The average molecular weight is 423 g/mol. The first-order valence-electron chi connectivity index (χ1n) is 9.27. The van der Waals surface area contributed by atoms with E-state index in [2.05, 4.69) is 17.4 Å². The Morgan fingerprint density at radius 1 is 1.07 bits per heavy atom. The zero-order chi connectivity index (χ0) is 21.3. The lowest BCUT2D eigenvalue weighted by Gasteiger charge is -2.14. The van der Waals surface area contributed by atoms with E-state index in [-0.39, 0.29) is 29.0 Å². The van der Waals surface area contributed by atoms with E-state index in [1.54, 1.807) is 0 Å². The molecule has 0 atom stereocenters. The van der Waals surface area contributed by atoms with E-state index >= 15 is 0 Å². The molecule has 0 bridgehead atoms. The minimum absolute atomic E-state index is 0.142. The number of halogens is 1. The third-order valence-electron chi connectivity index (χ3n) is 4.91. The van der Waals surface area contributed by atoms with Crippen LogP contribution in [0.2, 0.25) is 5.02 Å². The van der Waals surface area contributed by atoms with Gasteiger partial charge in [-0.05, 0) is 52.9 Å². The maximum Gasteiger partial charge on any atom is 0.255 e. The van der Waals surface area contributed by atoms with Crippen molar-refractivity contribution in [2.75, 3.05) is 19.0 Å². The normalized spacial score (nSPS) is 11.4. The molecule has 0 aromatic heterocycles. The van der Waals surface area contributed by atoms with E-state index in [4.69, 9.17) is 26.8 Å². The molecule has 6 nitrogen and oxygen atoms in total. The van der Waals surface area contributed by atoms with Crippen molar-refractivity contribution in [3.05, 3.63) is 76.3 Å². The van der Waals surface area contributed by atoms with Crippen LogP contribution < -0.4 is 20.5 Å². The van der Waals surface area contributed by atoms with Crippen molar-refractivity contribution in [1.29, 1.82) is 0 Å². The molecular weight excluding hydrogens is 404 g/mol. The average Bonchev–Trinajstić information content (AvgIpc) is 3.10. The second kappa shape index (κ2) is 8.08. The maximum absolute atomic E-state index is 12.8. The molecule has 0 unspecified atom stereocenters. The number of rotatable bonds is 6. The number of nitrogens with two attached hydrogens (primary N) is 1. The van der Waals surface area contributed by atoms with Gasteiger partial charge in [-0.25, -0.2) is 0 Å². The molecule has 0 saturated carbocycles. The number of carbonyl (C=O) groups is 2. The van der Waals surface area contributed by atoms with E-state index in [9.17, 15) is 9.59 Å². The van der Waals surface area contributed by atoms with Gasteiger partial charge in [-0.3, -0.25) is 9.59 Å². The minimum Gasteiger partial charge on any atom is -0.493 e. The van der Waals surface area contributed by atoms with E-state index < -0.39 is 5.91 Å². The van der Waals surface area contributed by atoms with Gasteiger partial charge in [0.2, 0.25) is 0 Å². The highest BCUT2D eigenvalue weighted by Gasteiger charge is 2.20. The third-order valence-corrected chi connectivity index (χ3v) is 5.19. The molecule has 7 heteroatoms. The fraction of sp³-hybridized carbons (Fsp3) is 0.130. The molecule has 0 spiro atoms. The van der Waals surface area contributed by atoms with Gasteiger partial charge in [0.15, 0.2) is 18.1 Å². The smallest absolute Gasteiger partial charge is 0.255 e. The van der Waals surface area contributed by atoms with E-state index in [1.807, 2.05) is 30.3 Å². The van der Waals surface area contributed by atoms with Crippen molar-refractivity contribution < 1.29 is 19.1 Å². The van der Waals surface area contributed by atoms with Gasteiger partial charge in [-0.2, -0.15) is 0 Å². The van der Waals surface area contributed by atoms with Crippen LogP contribution in [0.15, 0.2) is 54.6 Å². The number of amides is 2. The van der Waals surface area contributed by atoms with Crippen LogP contribution in [0.3, 0.4) is 0 Å². The Balaban J connectivity index is 1.58. The second-order valence-corrected chi connectivity index (χ2v) is 7.31. The van der Waals surface area contributed by atoms with E-state index in [1.165, 1.54) is 35.9 Å². The molecule has 1 aliphatic carbocycles. The lowest BCUT2D eigenvalue weighted by Crippen LogP contribution is -2.20. The molecule has 0 fully saturated rings. The van der Waals surface area contributed by atoms with Crippen LogP contribution in [0.4, 0.5) is 5.69 Å². The molecular formula is C23H19ClN2O4. The summed E-state index contributed by atoms with van der Waals surface area (Å²) in [4.78, 5) is 23.8. The first-order chi connectivity index (χ1) is 14.5. The number of anilines is 1. The molecule has 3 aromatic rings. The van der Waals surface area contributed by atoms with Gasteiger partial charge >= 0.3 is 0 Å². The van der Waals surface area contributed by atoms with Gasteiger partial charge in [0, 0.05) is 11.3 Å². The Morgan fingerprint density at radius 2 is 1.83 bits per heavy atom. The Labute approximate surface area is 178 Å². The van der Waals surface area contributed by atoms with Crippen molar-refractivity contribution >= 4 is 29.1 Å². The fourth-order valence-electron chi connectivity index (χ4n) is 3.54. The van der Waals surface area contributed by atoms with Crippen LogP contribution in [0.5, 0.6) is 11.5 Å². The Morgan fingerprint density at radius 3 is 2.60 bits per heavy atom. The van der Waals surface area contributed by atoms with Crippen LogP contribution in [0, 0.1) is 0 Å². The third kappa shape index (κ3) is 3.82. The molecule has 2 amide bonds. The quantitative estimate of drug-likeness (QED) is 0.490. The zero-order valence-corrected chi connectivity index (χ0v) is 17.0. The number of ether oxygens (including phenoxy) is 2. The number of primary amides is 1. The summed E-state index contributed by atoms with van der Waals surface area (Å²) in [7, 11) is 1.42. The first kappa shape index (κ1) is 19.8. The first-order valence-corrected chi connectivity index (χ1v) is 9.65. The highest BCUT2D eigenvalue weighted by atomic mass is 35.5. The van der Waals surface area contributed by atoms with Crippen LogP contribution in [-0.4, -0.2) is 25.5 Å². The Hall–Kier alpha value is -3.51. The monoisotopic (exact) mass is 422 g/mol. The largest absolute Gasteiger partial charge is 0.493 e. The van der Waals surface area contributed by atoms with Gasteiger partial charge in [-0.15, -0.1) is 0 Å². The maximum atomic E-state index is 12.8. The van der Waals surface area contributed by atoms with Crippen molar-refractivity contribution in [3.8, 4) is 22.6 Å². The molecule has 0 radical (unpaired) electrons. The second-order valence-electron chi connectivity index (χ2n) is 6.90. The molecule has 0 aliphatic heterocycles. The molecule has 152 valence electrons. The summed E-state index contributed by atoms with van der Waals surface area (Å²) in [5.74, 6) is -0.601. The number of nitrogens with one attached hydrogen (secondary N) is 1. The SMILES string of the molecule is COc1cc(C(=O)Nc2ccc3c(c2)-c2ccccc2C3)cc(Cl)c1OCC(N)=O. The summed E-state index contributed by atoms with van der Waals surface area (Å²) in [5, 5.41) is 3.04. The van der Waals surface area contributed by atoms with E-state index in [0.717, 1.165) is 12.0 Å². The molecule has 4 rings (SSSR count). The van der Waals surface area contributed by atoms with Crippen molar-refractivity contribution in [2.45, 2.75) is 6.42 Å². The van der Waals surface area contributed by atoms with Gasteiger partial charge in [0.1, 0.15) is 0 Å². The van der Waals surface area contributed by atoms with Crippen LogP contribution in [-0.2, 0) is 11.2 Å². The zero-order valence-electron chi connectivity index (χ0n) is 16.2. The van der Waals surface area contributed by atoms with Gasteiger partial charge in [0.25, 0.3) is 11.8 Å². The number of methoxy groups -OCH3 is 1. The summed E-state index contributed by atoms with van der Waals surface area (Å²) < 4.78 is 10.6. The molecule has 1 aliphatic rings. The van der Waals surface area contributed by atoms with Crippen LogP contribution >= 0.6 is 11.6 Å². The van der Waals surface area contributed by atoms with Gasteiger partial charge in [0.05, 0.1) is 12.1 Å². The highest BCUT2D eigenvalue weighted by molar-refractivity contribution is 6.32. The summed E-state index contributed by atoms with van der Waals surface area (Å²) in [6.45, 7) is -0.349. The topological polar surface area (TPSA) is 90.7 Å². The predicted molar refractivity (Wildman–Crippen MR) is 115 cm³/mol. The fourth-order valence-corrected chi connectivity index (χ4v) is 3.80. The summed E-state index contributed by atoms with van der Waals surface area (Å²) in [6, 6.07) is 17.1. The van der Waals surface area contributed by atoms with Crippen molar-refractivity contribution in [1.82, 2.24) is 0 Å². The minimum atomic E-state index is -0.645. The predicted octanol–water partition coefficient (Wildman–Crippen LogP) is 4.04. The van der Waals surface area contributed by atoms with Crippen molar-refractivity contribution in [2.24, 2.45) is 5.73 Å². The highest BCUT2D eigenvalue weighted by Crippen LogP contribution is 2.39. The molecule has 0 saturated heterocycles. The molecule has 30 heavy (non-hydrogen) atoms. The Kier molecular flexibility index (Phi) is 5.33. The lowest BCUT2D eigenvalue weighted by molar-refractivity contribution is -0.119. The molecule has 3 aromatic carbocycles. The number of hydrogen-bond donors (Lipinski definition) is 2. The number of benzene rings is 3. The number of fused-ring (bicyclic) bond motifs is 3. The standard InChI is InChI=1S/C23H19ClN2O4/c1-29-20-10-15(9-19(24)22(20)30-12-21(25)27)23(28)26-16-7-6-14-8-13-4-2-3-5-17(13)18(14)11-16/h2-7,9-11H,8,12H2,1H3,(H2,25,27)(H,26,28). The summed E-state index contributed by atoms with van der Waals surface area (Å²) in [5.41, 5.74) is 10.9. The molecule has 0 heterocycles. The number of hydrogen-bond acceptors (Lipinski definition) is 4. The van der Waals surface area contributed by atoms with Gasteiger partial charge in [-0.1, -0.05) is 41.9 Å². The van der Waals surface area contributed by atoms with Gasteiger partial charge < -0.3 is 20.5 Å². The van der Waals surface area contributed by atoms with Crippen molar-refractivity contribution in [3.63, 3.8) is 0 Å². The van der Waals surface area contributed by atoms with E-state index in [0.29, 0.717) is 11.3 Å². The van der Waals surface area contributed by atoms with Crippen LogP contribution in [0.1, 0.15) is 21.5 Å². The van der Waals surface area contributed by atoms with Crippen LogP contribution in [0.25, 0.3) is 11.1 Å². The molecule has 3 N–H and O–H groups in total.